The van der Waals surface area contributed by atoms with Crippen LogP contribution in [-0.2, 0) is 6.54 Å². The summed E-state index contributed by atoms with van der Waals surface area (Å²) in [5.74, 6) is 0. The molecule has 1 rings (SSSR count). The molecule has 0 aliphatic heterocycles. The first-order chi connectivity index (χ1) is 9.83. The van der Waals surface area contributed by atoms with Gasteiger partial charge in [0, 0.05) is 6.54 Å². The van der Waals surface area contributed by atoms with Crippen LogP contribution in [0.2, 0.25) is 0 Å². The van der Waals surface area contributed by atoms with E-state index in [0.29, 0.717) is 0 Å². The summed E-state index contributed by atoms with van der Waals surface area (Å²) in [5.41, 5.74) is 2.74. The number of hydrogen-bond acceptors (Lipinski definition) is 1. The molecule has 0 aliphatic carbocycles. The lowest BCUT2D eigenvalue weighted by Gasteiger charge is -2.05. The van der Waals surface area contributed by atoms with Crippen LogP contribution >= 0.6 is 0 Å². The molecule has 0 aliphatic rings. The monoisotopic (exact) mass is 275 g/mol. The molecule has 0 saturated carbocycles. The van der Waals surface area contributed by atoms with Crippen LogP contribution in [0.25, 0.3) is 0 Å². The number of unbranched alkanes of at least 4 members (excludes halogenated alkanes) is 8. The Labute approximate surface area is 126 Å². The Kier molecular flexibility index (Phi) is 10.3. The van der Waals surface area contributed by atoms with E-state index in [-0.39, 0.29) is 0 Å². The maximum Gasteiger partial charge on any atom is 0.0205 e. The highest BCUT2D eigenvalue weighted by atomic mass is 14.8. The fourth-order valence-electron chi connectivity index (χ4n) is 2.50. The zero-order valence-corrected chi connectivity index (χ0v) is 13.6. The van der Waals surface area contributed by atoms with Crippen molar-refractivity contribution >= 4 is 0 Å². The maximum absolute atomic E-state index is 3.54. The molecule has 0 atom stereocenters. The van der Waals surface area contributed by atoms with Crippen LogP contribution in [0.1, 0.15) is 75.8 Å². The zero-order chi connectivity index (χ0) is 14.5. The molecule has 0 radical (unpaired) electrons. The molecule has 1 N–H and O–H groups in total. The number of hydrogen-bond donors (Lipinski definition) is 1. The van der Waals surface area contributed by atoms with Crippen molar-refractivity contribution in [1.82, 2.24) is 5.32 Å². The van der Waals surface area contributed by atoms with Crippen LogP contribution in [-0.4, -0.2) is 6.54 Å². The van der Waals surface area contributed by atoms with E-state index in [1.807, 2.05) is 0 Å². The molecule has 114 valence electrons. The number of aryl methyl sites for hydroxylation is 1. The van der Waals surface area contributed by atoms with Gasteiger partial charge < -0.3 is 5.32 Å². The molecular weight excluding hydrogens is 242 g/mol. The summed E-state index contributed by atoms with van der Waals surface area (Å²) in [4.78, 5) is 0. The summed E-state index contributed by atoms with van der Waals surface area (Å²) in [7, 11) is 0. The molecule has 0 saturated heterocycles. The minimum absolute atomic E-state index is 1.01. The lowest BCUT2D eigenvalue weighted by molar-refractivity contribution is 0.549. The second kappa shape index (κ2) is 12.0. The smallest absolute Gasteiger partial charge is 0.0205 e. The van der Waals surface area contributed by atoms with Crippen molar-refractivity contribution in [3.63, 3.8) is 0 Å². The van der Waals surface area contributed by atoms with Crippen LogP contribution in [0.5, 0.6) is 0 Å². The summed E-state index contributed by atoms with van der Waals surface area (Å²) in [6.45, 7) is 6.59. The second-order valence-electron chi connectivity index (χ2n) is 5.99. The van der Waals surface area contributed by atoms with Gasteiger partial charge in [0.25, 0.3) is 0 Å². The van der Waals surface area contributed by atoms with Crippen LogP contribution in [0.3, 0.4) is 0 Å². The molecular formula is C19H33N. The molecule has 1 nitrogen and oxygen atoms in total. The van der Waals surface area contributed by atoms with E-state index >= 15 is 0 Å². The normalized spacial score (nSPS) is 10.9. The Morgan fingerprint density at radius 2 is 1.30 bits per heavy atom. The fraction of sp³-hybridized carbons (Fsp3) is 0.684. The van der Waals surface area contributed by atoms with E-state index in [1.54, 1.807) is 0 Å². The van der Waals surface area contributed by atoms with Gasteiger partial charge in [-0.05, 0) is 25.5 Å². The number of benzene rings is 1. The van der Waals surface area contributed by atoms with Crippen molar-refractivity contribution in [2.45, 2.75) is 78.2 Å². The number of rotatable bonds is 12. The van der Waals surface area contributed by atoms with Crippen molar-refractivity contribution in [3.8, 4) is 0 Å². The third kappa shape index (κ3) is 9.14. The first kappa shape index (κ1) is 17.2. The largest absolute Gasteiger partial charge is 0.313 e. The van der Waals surface area contributed by atoms with Crippen LogP contribution < -0.4 is 5.32 Å². The standard InChI is InChI=1S/C19H33N/c1-3-4-5-6-7-8-9-10-11-16-20-17-19-14-12-18(2)13-15-19/h12-15,20H,3-11,16-17H2,1-2H3. The summed E-state index contributed by atoms with van der Waals surface area (Å²) in [6, 6.07) is 8.82. The third-order valence-electron chi connectivity index (χ3n) is 3.91. The van der Waals surface area contributed by atoms with E-state index < -0.39 is 0 Å². The number of nitrogens with one attached hydrogen (secondary N) is 1. The Bertz CT molecular complexity index is 315. The van der Waals surface area contributed by atoms with Crippen molar-refractivity contribution in [2.75, 3.05) is 6.54 Å². The Hall–Kier alpha value is -0.820. The minimum atomic E-state index is 1.01. The molecule has 1 aromatic carbocycles. The van der Waals surface area contributed by atoms with E-state index in [9.17, 15) is 0 Å². The summed E-state index contributed by atoms with van der Waals surface area (Å²) >= 11 is 0. The van der Waals surface area contributed by atoms with Gasteiger partial charge in [-0.3, -0.25) is 0 Å². The highest BCUT2D eigenvalue weighted by Crippen LogP contribution is 2.09. The molecule has 20 heavy (non-hydrogen) atoms. The van der Waals surface area contributed by atoms with Crippen molar-refractivity contribution in [1.29, 1.82) is 0 Å². The second-order valence-corrected chi connectivity index (χ2v) is 5.99. The van der Waals surface area contributed by atoms with E-state index in [0.717, 1.165) is 13.1 Å². The topological polar surface area (TPSA) is 12.0 Å². The van der Waals surface area contributed by atoms with Crippen molar-refractivity contribution < 1.29 is 0 Å². The Morgan fingerprint density at radius 3 is 1.90 bits per heavy atom. The van der Waals surface area contributed by atoms with Gasteiger partial charge in [-0.1, -0.05) is 88.1 Å². The average molecular weight is 275 g/mol. The maximum atomic E-state index is 3.54. The first-order valence-corrected chi connectivity index (χ1v) is 8.59. The van der Waals surface area contributed by atoms with Crippen LogP contribution in [0.15, 0.2) is 24.3 Å². The first-order valence-electron chi connectivity index (χ1n) is 8.59. The lowest BCUT2D eigenvalue weighted by atomic mass is 10.1. The quantitative estimate of drug-likeness (QED) is 0.488. The predicted molar refractivity (Wildman–Crippen MR) is 90.1 cm³/mol. The Morgan fingerprint density at radius 1 is 0.750 bits per heavy atom. The van der Waals surface area contributed by atoms with Gasteiger partial charge in [-0.2, -0.15) is 0 Å². The summed E-state index contributed by atoms with van der Waals surface area (Å²) < 4.78 is 0. The SMILES string of the molecule is CCCCCCCCCCCNCc1ccc(C)cc1. The summed E-state index contributed by atoms with van der Waals surface area (Å²) in [5, 5.41) is 3.54. The van der Waals surface area contributed by atoms with Gasteiger partial charge in [-0.15, -0.1) is 0 Å². The van der Waals surface area contributed by atoms with E-state index in [4.69, 9.17) is 0 Å². The molecule has 1 aromatic rings. The van der Waals surface area contributed by atoms with Gasteiger partial charge in [0.1, 0.15) is 0 Å². The molecule has 0 heterocycles. The molecule has 0 spiro atoms. The highest BCUT2D eigenvalue weighted by Gasteiger charge is 1.94. The minimum Gasteiger partial charge on any atom is -0.313 e. The van der Waals surface area contributed by atoms with E-state index in [2.05, 4.69) is 43.4 Å². The molecule has 0 unspecified atom stereocenters. The third-order valence-corrected chi connectivity index (χ3v) is 3.91. The molecule has 0 aromatic heterocycles. The van der Waals surface area contributed by atoms with Crippen LogP contribution in [0.4, 0.5) is 0 Å². The van der Waals surface area contributed by atoms with E-state index in [1.165, 1.54) is 68.9 Å². The molecule has 0 bridgehead atoms. The Balaban J connectivity index is 1.84. The summed E-state index contributed by atoms with van der Waals surface area (Å²) in [6.07, 6.45) is 12.6. The van der Waals surface area contributed by atoms with Crippen molar-refractivity contribution in [2.24, 2.45) is 0 Å². The average Bonchev–Trinajstić information content (AvgIpc) is 2.47. The molecule has 1 heteroatoms. The molecule has 0 fully saturated rings. The predicted octanol–water partition coefficient (Wildman–Crippen LogP) is 5.62. The zero-order valence-electron chi connectivity index (χ0n) is 13.6. The van der Waals surface area contributed by atoms with Gasteiger partial charge in [0.2, 0.25) is 0 Å². The van der Waals surface area contributed by atoms with Gasteiger partial charge in [0.15, 0.2) is 0 Å². The van der Waals surface area contributed by atoms with Gasteiger partial charge >= 0.3 is 0 Å². The van der Waals surface area contributed by atoms with Gasteiger partial charge in [-0.25, -0.2) is 0 Å². The van der Waals surface area contributed by atoms with Gasteiger partial charge in [0.05, 0.1) is 0 Å². The fourth-order valence-corrected chi connectivity index (χ4v) is 2.50. The lowest BCUT2D eigenvalue weighted by Crippen LogP contribution is -2.14. The highest BCUT2D eigenvalue weighted by molar-refractivity contribution is 5.20. The molecule has 0 amide bonds. The van der Waals surface area contributed by atoms with Crippen LogP contribution in [0, 0.1) is 6.92 Å². The van der Waals surface area contributed by atoms with Crippen molar-refractivity contribution in [3.05, 3.63) is 35.4 Å².